The Hall–Kier alpha value is -3.23. The monoisotopic (exact) mass is 588 g/mol. The van der Waals surface area contributed by atoms with Gasteiger partial charge in [0, 0.05) is 16.8 Å². The first-order chi connectivity index (χ1) is 18.1. The summed E-state index contributed by atoms with van der Waals surface area (Å²) in [5.74, 6) is -0.278. The molecule has 4 rings (SSSR count). The maximum Gasteiger partial charge on any atom is 0.243 e. The number of hydrogen-bond donors (Lipinski definition) is 2. The molecule has 1 amide bonds. The van der Waals surface area contributed by atoms with Crippen molar-refractivity contribution in [3.8, 4) is 5.75 Å². The van der Waals surface area contributed by atoms with E-state index < -0.39 is 9.84 Å². The zero-order chi connectivity index (χ0) is 27.3. The highest BCUT2D eigenvalue weighted by molar-refractivity contribution is 7.91. The first-order valence-corrected chi connectivity index (χ1v) is 14.1. The van der Waals surface area contributed by atoms with Crippen LogP contribution < -0.4 is 15.4 Å². The summed E-state index contributed by atoms with van der Waals surface area (Å²) in [5.41, 5.74) is 2.49. The van der Waals surface area contributed by atoms with Crippen molar-refractivity contribution in [2.45, 2.75) is 23.3 Å². The fourth-order valence-corrected chi connectivity index (χ4v) is 6.16. The van der Waals surface area contributed by atoms with E-state index in [1.54, 1.807) is 36.4 Å². The lowest BCUT2D eigenvalue weighted by molar-refractivity contribution is -0.114. The summed E-state index contributed by atoms with van der Waals surface area (Å²) in [5, 5.41) is 5.88. The van der Waals surface area contributed by atoms with Crippen LogP contribution in [0.25, 0.3) is 0 Å². The van der Waals surface area contributed by atoms with Crippen molar-refractivity contribution < 1.29 is 17.9 Å². The van der Waals surface area contributed by atoms with Gasteiger partial charge in [-0.25, -0.2) is 8.42 Å². The number of hydrogen-bond acceptors (Lipinski definition) is 5. The third-order valence-corrected chi connectivity index (χ3v) is 8.61. The summed E-state index contributed by atoms with van der Waals surface area (Å²) in [6.07, 6.45) is 0. The zero-order valence-corrected chi connectivity index (χ0v) is 23.3. The number of aryl methyl sites for hydroxylation is 1. The molecule has 0 aliphatic heterocycles. The molecule has 10 heteroatoms. The standard InChI is InChI=1S/C28H23Cl3N2O4S/c1-18-7-13-22(14-8-18)38(35,36)28-26(30)23(32-16-25(34)33-21-11-9-20(29)10-12-21)15-24(27(28)31)37-17-19-5-3-2-4-6-19/h2-15,32H,16-17H2,1H3,(H,33,34). The first kappa shape index (κ1) is 27.8. The third kappa shape index (κ3) is 6.60. The molecule has 6 nitrogen and oxygen atoms in total. The number of carbonyl (C=O) groups excluding carboxylic acids is 1. The van der Waals surface area contributed by atoms with Crippen LogP contribution in [0.1, 0.15) is 11.1 Å². The maximum atomic E-state index is 13.6. The lowest BCUT2D eigenvalue weighted by Crippen LogP contribution is -2.22. The van der Waals surface area contributed by atoms with E-state index in [4.69, 9.17) is 39.5 Å². The van der Waals surface area contributed by atoms with E-state index >= 15 is 0 Å². The van der Waals surface area contributed by atoms with E-state index in [1.807, 2.05) is 37.3 Å². The number of carbonyl (C=O) groups is 1. The van der Waals surface area contributed by atoms with Crippen LogP contribution in [-0.4, -0.2) is 20.9 Å². The molecule has 0 saturated heterocycles. The summed E-state index contributed by atoms with van der Waals surface area (Å²) in [4.78, 5) is 12.3. The van der Waals surface area contributed by atoms with E-state index in [0.717, 1.165) is 11.1 Å². The lowest BCUT2D eigenvalue weighted by Gasteiger charge is -2.18. The average molecular weight is 590 g/mol. The molecule has 0 saturated carbocycles. The van der Waals surface area contributed by atoms with Gasteiger partial charge in [-0.3, -0.25) is 4.79 Å². The van der Waals surface area contributed by atoms with E-state index in [2.05, 4.69) is 10.6 Å². The van der Waals surface area contributed by atoms with Crippen LogP contribution in [0, 0.1) is 6.92 Å². The Labute approximate surface area is 236 Å². The zero-order valence-electron chi connectivity index (χ0n) is 20.2. The van der Waals surface area contributed by atoms with Crippen molar-refractivity contribution in [3.05, 3.63) is 111 Å². The molecule has 196 valence electrons. The summed E-state index contributed by atoms with van der Waals surface area (Å²) in [6.45, 7) is 1.79. The maximum absolute atomic E-state index is 13.6. The molecule has 4 aromatic rings. The summed E-state index contributed by atoms with van der Waals surface area (Å²) in [6, 6.07) is 23.8. The van der Waals surface area contributed by atoms with Crippen LogP contribution in [0.5, 0.6) is 5.75 Å². The average Bonchev–Trinajstić information content (AvgIpc) is 2.90. The molecule has 0 aromatic heterocycles. The molecule has 0 fully saturated rings. The topological polar surface area (TPSA) is 84.5 Å². The van der Waals surface area contributed by atoms with Crippen molar-refractivity contribution in [2.75, 3.05) is 17.2 Å². The Morgan fingerprint density at radius 3 is 2.18 bits per heavy atom. The van der Waals surface area contributed by atoms with Gasteiger partial charge in [0.1, 0.15) is 22.3 Å². The molecule has 0 heterocycles. The van der Waals surface area contributed by atoms with Crippen molar-refractivity contribution in [2.24, 2.45) is 0 Å². The number of ether oxygens (including phenoxy) is 1. The Balaban J connectivity index is 1.67. The number of rotatable bonds is 9. The summed E-state index contributed by atoms with van der Waals surface area (Å²) in [7, 11) is -4.13. The van der Waals surface area contributed by atoms with Crippen LogP contribution >= 0.6 is 34.8 Å². The minimum atomic E-state index is -4.13. The number of benzene rings is 4. The predicted molar refractivity (Wildman–Crippen MR) is 152 cm³/mol. The Morgan fingerprint density at radius 1 is 0.868 bits per heavy atom. The van der Waals surface area contributed by atoms with Crippen molar-refractivity contribution >= 4 is 61.9 Å². The van der Waals surface area contributed by atoms with Crippen LogP contribution in [-0.2, 0) is 21.2 Å². The molecule has 0 atom stereocenters. The first-order valence-electron chi connectivity index (χ1n) is 11.4. The predicted octanol–water partition coefficient (Wildman–Crippen LogP) is 7.42. The Kier molecular flexibility index (Phi) is 8.84. The minimum Gasteiger partial charge on any atom is -0.487 e. The van der Waals surface area contributed by atoms with E-state index in [-0.39, 0.29) is 50.3 Å². The smallest absolute Gasteiger partial charge is 0.243 e. The quantitative estimate of drug-likeness (QED) is 0.212. The number of halogens is 3. The highest BCUT2D eigenvalue weighted by Gasteiger charge is 2.29. The molecule has 0 spiro atoms. The van der Waals surface area contributed by atoms with Gasteiger partial charge in [-0.1, -0.05) is 82.8 Å². The largest absolute Gasteiger partial charge is 0.487 e. The minimum absolute atomic E-state index is 0.0264. The fourth-order valence-electron chi connectivity index (χ4n) is 3.54. The molecule has 0 radical (unpaired) electrons. The summed E-state index contributed by atoms with van der Waals surface area (Å²) < 4.78 is 33.2. The summed E-state index contributed by atoms with van der Waals surface area (Å²) >= 11 is 19.1. The number of sulfone groups is 1. The SMILES string of the molecule is Cc1ccc(S(=O)(=O)c2c(Cl)c(NCC(=O)Nc3ccc(Cl)cc3)cc(OCc3ccccc3)c2Cl)cc1. The van der Waals surface area contributed by atoms with Crippen LogP contribution in [0.2, 0.25) is 15.1 Å². The highest BCUT2D eigenvalue weighted by Crippen LogP contribution is 2.44. The molecule has 0 bridgehead atoms. The lowest BCUT2D eigenvalue weighted by atomic mass is 10.2. The molecule has 4 aromatic carbocycles. The Morgan fingerprint density at radius 2 is 1.53 bits per heavy atom. The second-order valence-corrected chi connectivity index (χ2v) is 11.5. The van der Waals surface area contributed by atoms with Gasteiger partial charge < -0.3 is 15.4 Å². The van der Waals surface area contributed by atoms with Gasteiger partial charge in [0.15, 0.2) is 0 Å². The molecular formula is C28H23Cl3N2O4S. The number of nitrogens with one attached hydrogen (secondary N) is 2. The van der Waals surface area contributed by atoms with E-state index in [0.29, 0.717) is 10.7 Å². The fraction of sp³-hybridized carbons (Fsp3) is 0.107. The van der Waals surface area contributed by atoms with Crippen LogP contribution in [0.4, 0.5) is 11.4 Å². The van der Waals surface area contributed by atoms with Crippen LogP contribution in [0.3, 0.4) is 0 Å². The van der Waals surface area contributed by atoms with Crippen molar-refractivity contribution in [3.63, 3.8) is 0 Å². The van der Waals surface area contributed by atoms with E-state index in [1.165, 1.54) is 18.2 Å². The molecule has 2 N–H and O–H groups in total. The second-order valence-electron chi connectivity index (χ2n) is 8.38. The Bertz CT molecular complexity index is 1540. The third-order valence-electron chi connectivity index (χ3n) is 5.53. The second kappa shape index (κ2) is 12.1. The normalized spacial score (nSPS) is 11.2. The van der Waals surface area contributed by atoms with Crippen molar-refractivity contribution in [1.29, 1.82) is 0 Å². The number of anilines is 2. The molecule has 38 heavy (non-hydrogen) atoms. The van der Waals surface area contributed by atoms with Gasteiger partial charge in [-0.05, 0) is 48.9 Å². The molecule has 0 aliphatic rings. The van der Waals surface area contributed by atoms with Gasteiger partial charge in [-0.15, -0.1) is 0 Å². The molecular weight excluding hydrogens is 567 g/mol. The van der Waals surface area contributed by atoms with Crippen molar-refractivity contribution in [1.82, 2.24) is 0 Å². The highest BCUT2D eigenvalue weighted by atomic mass is 35.5. The van der Waals surface area contributed by atoms with Crippen LogP contribution in [0.15, 0.2) is 94.7 Å². The van der Waals surface area contributed by atoms with Gasteiger partial charge >= 0.3 is 0 Å². The van der Waals surface area contributed by atoms with Gasteiger partial charge in [0.2, 0.25) is 15.7 Å². The van der Waals surface area contributed by atoms with E-state index in [9.17, 15) is 13.2 Å². The van der Waals surface area contributed by atoms with Gasteiger partial charge in [0.25, 0.3) is 0 Å². The number of amides is 1. The molecule has 0 unspecified atom stereocenters. The molecule has 0 aliphatic carbocycles. The van der Waals surface area contributed by atoms with Gasteiger partial charge in [-0.2, -0.15) is 0 Å². The van der Waals surface area contributed by atoms with Gasteiger partial charge in [0.05, 0.1) is 22.2 Å².